The summed E-state index contributed by atoms with van der Waals surface area (Å²) >= 11 is 0. The first-order valence-electron chi connectivity index (χ1n) is 7.15. The molecule has 1 aliphatic rings. The Morgan fingerprint density at radius 3 is 2.74 bits per heavy atom. The molecule has 3 nitrogen and oxygen atoms in total. The van der Waals surface area contributed by atoms with Crippen molar-refractivity contribution < 1.29 is 4.74 Å². The highest BCUT2D eigenvalue weighted by Gasteiger charge is 2.28. The van der Waals surface area contributed by atoms with Gasteiger partial charge in [-0.25, -0.2) is 0 Å². The van der Waals surface area contributed by atoms with E-state index in [1.54, 1.807) is 7.11 Å². The molecule has 1 heterocycles. The van der Waals surface area contributed by atoms with E-state index in [9.17, 15) is 0 Å². The van der Waals surface area contributed by atoms with Crippen molar-refractivity contribution in [3.05, 3.63) is 29.3 Å². The molecule has 1 aromatic rings. The monoisotopic (exact) mass is 262 g/mol. The Balaban J connectivity index is 2.11. The molecule has 1 aliphatic heterocycles. The normalized spacial score (nSPS) is 25.5. The Kier molecular flexibility index (Phi) is 4.48. The van der Waals surface area contributed by atoms with Gasteiger partial charge in [0.1, 0.15) is 5.75 Å². The van der Waals surface area contributed by atoms with Crippen molar-refractivity contribution in [1.29, 1.82) is 0 Å². The molecule has 3 heteroatoms. The molecule has 2 N–H and O–H groups in total. The molecule has 0 amide bonds. The zero-order valence-electron chi connectivity index (χ0n) is 12.5. The van der Waals surface area contributed by atoms with Crippen molar-refractivity contribution >= 4 is 0 Å². The lowest BCUT2D eigenvalue weighted by Gasteiger charge is -2.26. The fraction of sp³-hybridized carbons (Fsp3) is 0.625. The lowest BCUT2D eigenvalue weighted by molar-refractivity contribution is 0.247. The van der Waals surface area contributed by atoms with E-state index in [1.165, 1.54) is 12.0 Å². The fourth-order valence-corrected chi connectivity index (χ4v) is 3.14. The molecule has 0 bridgehead atoms. The number of hydrogen-bond donors (Lipinski definition) is 1. The second kappa shape index (κ2) is 5.93. The van der Waals surface area contributed by atoms with Gasteiger partial charge < -0.3 is 10.5 Å². The molecule has 106 valence electrons. The fourth-order valence-electron chi connectivity index (χ4n) is 3.14. The lowest BCUT2D eigenvalue weighted by Crippen LogP contribution is -2.34. The summed E-state index contributed by atoms with van der Waals surface area (Å²) in [6.07, 6.45) is 1.28. The molecule has 1 saturated heterocycles. The van der Waals surface area contributed by atoms with E-state index in [0.29, 0.717) is 6.04 Å². The average Bonchev–Trinajstić information content (AvgIpc) is 2.67. The minimum absolute atomic E-state index is 0.0163. The molecular weight excluding hydrogens is 236 g/mol. The summed E-state index contributed by atoms with van der Waals surface area (Å²) in [5.74, 6) is 1.68. The van der Waals surface area contributed by atoms with Crippen LogP contribution in [-0.4, -0.2) is 31.1 Å². The van der Waals surface area contributed by atoms with Gasteiger partial charge in [0, 0.05) is 30.7 Å². The maximum atomic E-state index is 6.41. The van der Waals surface area contributed by atoms with Crippen LogP contribution in [0.1, 0.15) is 37.4 Å². The van der Waals surface area contributed by atoms with Gasteiger partial charge >= 0.3 is 0 Å². The highest BCUT2D eigenvalue weighted by molar-refractivity contribution is 5.39. The van der Waals surface area contributed by atoms with Crippen LogP contribution in [0.25, 0.3) is 0 Å². The van der Waals surface area contributed by atoms with Crippen LogP contribution in [0.5, 0.6) is 5.75 Å². The van der Waals surface area contributed by atoms with E-state index in [-0.39, 0.29) is 6.04 Å². The Labute approximate surface area is 116 Å². The van der Waals surface area contributed by atoms with E-state index in [1.807, 2.05) is 6.07 Å². The predicted molar refractivity (Wildman–Crippen MR) is 79.5 cm³/mol. The van der Waals surface area contributed by atoms with Crippen LogP contribution in [-0.2, 0) is 0 Å². The van der Waals surface area contributed by atoms with Gasteiger partial charge in [-0.05, 0) is 32.3 Å². The molecule has 19 heavy (non-hydrogen) atoms. The number of hydrogen-bond acceptors (Lipinski definition) is 3. The number of benzene rings is 1. The van der Waals surface area contributed by atoms with Crippen LogP contribution in [0.2, 0.25) is 0 Å². The van der Waals surface area contributed by atoms with Gasteiger partial charge in [-0.15, -0.1) is 0 Å². The topological polar surface area (TPSA) is 38.5 Å². The summed E-state index contributed by atoms with van der Waals surface area (Å²) in [6.45, 7) is 8.77. The van der Waals surface area contributed by atoms with Crippen molar-refractivity contribution in [2.75, 3.05) is 20.2 Å². The van der Waals surface area contributed by atoms with Crippen molar-refractivity contribution in [1.82, 2.24) is 4.90 Å². The molecule has 3 unspecified atom stereocenters. The van der Waals surface area contributed by atoms with Crippen LogP contribution >= 0.6 is 0 Å². The molecule has 2 rings (SSSR count). The Bertz CT molecular complexity index is 433. The molecule has 0 aliphatic carbocycles. The smallest absolute Gasteiger partial charge is 0.123 e. The van der Waals surface area contributed by atoms with E-state index in [0.717, 1.165) is 30.3 Å². The third kappa shape index (κ3) is 3.28. The van der Waals surface area contributed by atoms with Gasteiger partial charge in [0.05, 0.1) is 7.11 Å². The summed E-state index contributed by atoms with van der Waals surface area (Å²) in [5, 5.41) is 0. The van der Waals surface area contributed by atoms with Crippen molar-refractivity contribution in [3.8, 4) is 5.75 Å². The van der Waals surface area contributed by atoms with Gasteiger partial charge in [0.25, 0.3) is 0 Å². The zero-order valence-corrected chi connectivity index (χ0v) is 12.5. The number of methoxy groups -OCH3 is 1. The van der Waals surface area contributed by atoms with Crippen LogP contribution in [0.4, 0.5) is 0 Å². The molecule has 1 aromatic carbocycles. The van der Waals surface area contributed by atoms with Crippen LogP contribution in [0.3, 0.4) is 0 Å². The first-order chi connectivity index (χ1) is 9.01. The van der Waals surface area contributed by atoms with Gasteiger partial charge in [-0.2, -0.15) is 0 Å². The van der Waals surface area contributed by atoms with Crippen molar-refractivity contribution in [2.24, 2.45) is 11.7 Å². The maximum absolute atomic E-state index is 6.41. The van der Waals surface area contributed by atoms with Gasteiger partial charge in [-0.1, -0.05) is 24.6 Å². The average molecular weight is 262 g/mol. The largest absolute Gasteiger partial charge is 0.496 e. The second-order valence-electron chi connectivity index (χ2n) is 6.00. The first kappa shape index (κ1) is 14.4. The number of ether oxygens (including phenoxy) is 1. The zero-order chi connectivity index (χ0) is 14.0. The predicted octanol–water partition coefficient (Wildman–Crippen LogP) is 2.73. The molecule has 0 saturated carbocycles. The van der Waals surface area contributed by atoms with E-state index >= 15 is 0 Å². The van der Waals surface area contributed by atoms with E-state index in [2.05, 4.69) is 37.8 Å². The molecule has 1 fully saturated rings. The summed E-state index contributed by atoms with van der Waals surface area (Å²) in [7, 11) is 1.71. The molecule has 0 radical (unpaired) electrons. The van der Waals surface area contributed by atoms with E-state index in [4.69, 9.17) is 10.5 Å². The summed E-state index contributed by atoms with van der Waals surface area (Å²) in [5.41, 5.74) is 8.76. The standard InChI is InChI=1S/C16H26N2O/c1-11-5-6-16(19-4)14(8-11)15(17)10-18-9-12(2)7-13(18)3/h5-6,8,12-13,15H,7,9-10,17H2,1-4H3. The first-order valence-corrected chi connectivity index (χ1v) is 7.15. The maximum Gasteiger partial charge on any atom is 0.123 e. The van der Waals surface area contributed by atoms with Crippen LogP contribution < -0.4 is 10.5 Å². The molecule has 0 spiro atoms. The molecule has 3 atom stereocenters. The number of nitrogens with two attached hydrogens (primary N) is 1. The van der Waals surface area contributed by atoms with Crippen LogP contribution in [0, 0.1) is 12.8 Å². The Morgan fingerprint density at radius 2 is 2.16 bits per heavy atom. The minimum atomic E-state index is 0.0163. The molecule has 0 aromatic heterocycles. The Morgan fingerprint density at radius 1 is 1.42 bits per heavy atom. The SMILES string of the molecule is COc1ccc(C)cc1C(N)CN1CC(C)CC1C. The quantitative estimate of drug-likeness (QED) is 0.906. The van der Waals surface area contributed by atoms with Crippen LogP contribution in [0.15, 0.2) is 18.2 Å². The number of nitrogens with zero attached hydrogens (tertiary/aromatic N) is 1. The third-order valence-corrected chi connectivity index (χ3v) is 4.13. The van der Waals surface area contributed by atoms with Crippen molar-refractivity contribution in [3.63, 3.8) is 0 Å². The number of likely N-dealkylation sites (tertiary alicyclic amines) is 1. The third-order valence-electron chi connectivity index (χ3n) is 4.13. The second-order valence-corrected chi connectivity index (χ2v) is 6.00. The highest BCUT2D eigenvalue weighted by Crippen LogP contribution is 2.29. The van der Waals surface area contributed by atoms with Gasteiger partial charge in [-0.3, -0.25) is 4.90 Å². The highest BCUT2D eigenvalue weighted by atomic mass is 16.5. The molecular formula is C16H26N2O. The van der Waals surface area contributed by atoms with Crippen molar-refractivity contribution in [2.45, 2.75) is 39.3 Å². The minimum Gasteiger partial charge on any atom is -0.496 e. The summed E-state index contributed by atoms with van der Waals surface area (Å²) in [4.78, 5) is 2.50. The van der Waals surface area contributed by atoms with E-state index < -0.39 is 0 Å². The number of aryl methyl sites for hydroxylation is 1. The van der Waals surface area contributed by atoms with Gasteiger partial charge in [0.15, 0.2) is 0 Å². The lowest BCUT2D eigenvalue weighted by atomic mass is 10.0. The van der Waals surface area contributed by atoms with Gasteiger partial charge in [0.2, 0.25) is 0 Å². The Hall–Kier alpha value is -1.06. The summed E-state index contributed by atoms with van der Waals surface area (Å²) < 4.78 is 5.44. The summed E-state index contributed by atoms with van der Waals surface area (Å²) in [6, 6.07) is 6.88. The number of rotatable bonds is 4.